The topological polar surface area (TPSA) is 56.6 Å². The van der Waals surface area contributed by atoms with Gasteiger partial charge in [-0.25, -0.2) is 0 Å². The first-order valence-electron chi connectivity index (χ1n) is 9.83. The number of ether oxygens (including phenoxy) is 1. The van der Waals surface area contributed by atoms with Crippen molar-refractivity contribution in [1.82, 2.24) is 4.90 Å². The van der Waals surface area contributed by atoms with E-state index in [0.29, 0.717) is 19.5 Å². The molecule has 0 spiro atoms. The summed E-state index contributed by atoms with van der Waals surface area (Å²) in [6.07, 6.45) is 0.305. The molecule has 0 fully saturated rings. The van der Waals surface area contributed by atoms with Gasteiger partial charge in [-0.2, -0.15) is 5.26 Å². The average Bonchev–Trinajstić information content (AvgIpc) is 2.60. The molecular weight excluding hydrogens is 362 g/mol. The van der Waals surface area contributed by atoms with E-state index in [-0.39, 0.29) is 12.5 Å². The van der Waals surface area contributed by atoms with E-state index in [1.807, 2.05) is 51.8 Å². The molecule has 0 radical (unpaired) electrons. The molecule has 0 aliphatic rings. The number of hydrogen-bond acceptors (Lipinski definition) is 4. The lowest BCUT2D eigenvalue weighted by molar-refractivity contribution is -0.119. The van der Waals surface area contributed by atoms with E-state index in [4.69, 9.17) is 10.00 Å². The van der Waals surface area contributed by atoms with Crippen LogP contribution < -0.4 is 9.64 Å². The second-order valence-electron chi connectivity index (χ2n) is 7.73. The first kappa shape index (κ1) is 22.4. The van der Waals surface area contributed by atoms with Crippen LogP contribution in [-0.2, 0) is 11.3 Å². The van der Waals surface area contributed by atoms with E-state index in [1.54, 1.807) is 12.0 Å². The number of nitriles is 1. The Balaban J connectivity index is 2.15. The minimum absolute atomic E-state index is 0.00490. The van der Waals surface area contributed by atoms with Crippen molar-refractivity contribution in [1.29, 1.82) is 5.26 Å². The van der Waals surface area contributed by atoms with Crippen LogP contribution in [0.4, 0.5) is 5.69 Å². The molecule has 154 valence electrons. The van der Waals surface area contributed by atoms with Gasteiger partial charge in [0.05, 0.1) is 26.1 Å². The highest BCUT2D eigenvalue weighted by Crippen LogP contribution is 2.25. The maximum atomic E-state index is 13.1. The van der Waals surface area contributed by atoms with Crippen LogP contribution >= 0.6 is 0 Å². The number of benzene rings is 2. The molecule has 2 rings (SSSR count). The quantitative estimate of drug-likeness (QED) is 0.671. The van der Waals surface area contributed by atoms with Crippen molar-refractivity contribution >= 4 is 11.6 Å². The van der Waals surface area contributed by atoms with Gasteiger partial charge in [-0.3, -0.25) is 9.69 Å². The van der Waals surface area contributed by atoms with Crippen LogP contribution in [0.1, 0.15) is 34.2 Å². The molecule has 2 aromatic carbocycles. The number of hydrogen-bond donors (Lipinski definition) is 0. The second-order valence-corrected chi connectivity index (χ2v) is 7.73. The number of aryl methyl sites for hydroxylation is 4. The zero-order valence-electron chi connectivity index (χ0n) is 18.4. The monoisotopic (exact) mass is 393 g/mol. The molecule has 5 nitrogen and oxygen atoms in total. The van der Waals surface area contributed by atoms with Crippen LogP contribution in [-0.4, -0.2) is 38.1 Å². The first-order valence-corrected chi connectivity index (χ1v) is 9.83. The van der Waals surface area contributed by atoms with Crippen molar-refractivity contribution in [2.75, 3.05) is 32.1 Å². The first-order chi connectivity index (χ1) is 13.7. The summed E-state index contributed by atoms with van der Waals surface area (Å²) in [6.45, 7) is 9.44. The molecule has 0 saturated carbocycles. The van der Waals surface area contributed by atoms with Gasteiger partial charge in [0.2, 0.25) is 5.91 Å². The molecule has 0 N–H and O–H groups in total. The number of carbonyl (C=O) groups is 1. The number of amides is 1. The number of anilines is 1. The molecular formula is C24H31N3O2. The largest absolute Gasteiger partial charge is 0.496 e. The molecule has 0 saturated heterocycles. The van der Waals surface area contributed by atoms with Gasteiger partial charge < -0.3 is 9.64 Å². The Morgan fingerprint density at radius 2 is 1.62 bits per heavy atom. The van der Waals surface area contributed by atoms with Crippen molar-refractivity contribution < 1.29 is 9.53 Å². The summed E-state index contributed by atoms with van der Waals surface area (Å²) in [4.78, 5) is 16.8. The van der Waals surface area contributed by atoms with Gasteiger partial charge in [-0.05, 0) is 74.7 Å². The van der Waals surface area contributed by atoms with Gasteiger partial charge >= 0.3 is 0 Å². The molecule has 0 bridgehead atoms. The van der Waals surface area contributed by atoms with Crippen molar-refractivity contribution in [3.05, 3.63) is 58.1 Å². The SMILES string of the molecule is COc1c(C)cc(CN(C)CC(=O)N(CCC#N)c2cc(C)cc(C)c2)cc1C. The summed E-state index contributed by atoms with van der Waals surface area (Å²) >= 11 is 0. The van der Waals surface area contributed by atoms with E-state index in [1.165, 1.54) is 0 Å². The van der Waals surface area contributed by atoms with Crippen molar-refractivity contribution in [3.63, 3.8) is 0 Å². The number of methoxy groups -OCH3 is 1. The maximum Gasteiger partial charge on any atom is 0.241 e. The Bertz CT molecular complexity index is 872. The highest BCUT2D eigenvalue weighted by atomic mass is 16.5. The van der Waals surface area contributed by atoms with Crippen molar-refractivity contribution in [2.45, 2.75) is 40.7 Å². The smallest absolute Gasteiger partial charge is 0.241 e. The normalized spacial score (nSPS) is 10.7. The Morgan fingerprint density at radius 1 is 1.03 bits per heavy atom. The molecule has 2 aromatic rings. The van der Waals surface area contributed by atoms with Gasteiger partial charge in [0.15, 0.2) is 0 Å². The lowest BCUT2D eigenvalue weighted by Crippen LogP contribution is -2.39. The zero-order valence-corrected chi connectivity index (χ0v) is 18.4. The molecule has 0 unspecified atom stereocenters. The van der Waals surface area contributed by atoms with Crippen LogP contribution in [0.15, 0.2) is 30.3 Å². The molecule has 29 heavy (non-hydrogen) atoms. The Hall–Kier alpha value is -2.84. The zero-order chi connectivity index (χ0) is 21.6. The molecule has 5 heteroatoms. The number of carbonyl (C=O) groups excluding carboxylic acids is 1. The third kappa shape index (κ3) is 6.07. The molecule has 1 amide bonds. The summed E-state index contributed by atoms with van der Waals surface area (Å²) in [5, 5.41) is 9.02. The lowest BCUT2D eigenvalue weighted by Gasteiger charge is -2.26. The van der Waals surface area contributed by atoms with Crippen LogP contribution in [0.25, 0.3) is 0 Å². The van der Waals surface area contributed by atoms with Gasteiger partial charge in [-0.15, -0.1) is 0 Å². The predicted molar refractivity (Wildman–Crippen MR) is 117 cm³/mol. The lowest BCUT2D eigenvalue weighted by atomic mass is 10.1. The fourth-order valence-electron chi connectivity index (χ4n) is 3.80. The fourth-order valence-corrected chi connectivity index (χ4v) is 3.80. The number of nitrogens with zero attached hydrogens (tertiary/aromatic N) is 3. The minimum Gasteiger partial charge on any atom is -0.496 e. The van der Waals surface area contributed by atoms with Crippen LogP contribution in [0.2, 0.25) is 0 Å². The Labute approximate surface area is 174 Å². The minimum atomic E-state index is -0.00490. The van der Waals surface area contributed by atoms with Crippen molar-refractivity contribution in [3.8, 4) is 11.8 Å². The number of rotatable bonds is 8. The van der Waals surface area contributed by atoms with Gasteiger partial charge in [0, 0.05) is 18.8 Å². The summed E-state index contributed by atoms with van der Waals surface area (Å²) in [5.41, 5.74) is 6.39. The van der Waals surface area contributed by atoms with Crippen LogP contribution in [0.5, 0.6) is 5.75 Å². The van der Waals surface area contributed by atoms with E-state index in [0.717, 1.165) is 39.3 Å². The highest BCUT2D eigenvalue weighted by molar-refractivity contribution is 5.95. The van der Waals surface area contributed by atoms with E-state index >= 15 is 0 Å². The van der Waals surface area contributed by atoms with Crippen LogP contribution in [0, 0.1) is 39.0 Å². The standard InChI is InChI=1S/C24H31N3O2/c1-17-10-18(2)12-22(11-17)27(9-7-8-25)23(28)16-26(5)15-21-13-19(3)24(29-6)20(4)14-21/h10-14H,7,9,15-16H2,1-6H3. The average molecular weight is 394 g/mol. The van der Waals surface area contributed by atoms with E-state index in [9.17, 15) is 4.79 Å². The number of likely N-dealkylation sites (N-methyl/N-ethyl adjacent to an activating group) is 1. The van der Waals surface area contributed by atoms with Gasteiger partial charge in [0.25, 0.3) is 0 Å². The third-order valence-electron chi connectivity index (χ3n) is 4.85. The molecule has 0 aromatic heterocycles. The predicted octanol–water partition coefficient (Wildman–Crippen LogP) is 4.31. The van der Waals surface area contributed by atoms with Crippen molar-refractivity contribution in [2.24, 2.45) is 0 Å². The fraction of sp³-hybridized carbons (Fsp3) is 0.417. The van der Waals surface area contributed by atoms with Crippen LogP contribution in [0.3, 0.4) is 0 Å². The molecule has 0 aliphatic carbocycles. The molecule has 0 aliphatic heterocycles. The third-order valence-corrected chi connectivity index (χ3v) is 4.85. The Kier molecular flexibility index (Phi) is 7.81. The van der Waals surface area contributed by atoms with Gasteiger partial charge in [0.1, 0.15) is 5.75 Å². The summed E-state index contributed by atoms with van der Waals surface area (Å²) in [7, 11) is 3.62. The van der Waals surface area contributed by atoms with E-state index in [2.05, 4.69) is 24.3 Å². The molecule has 0 atom stereocenters. The second kappa shape index (κ2) is 10.1. The summed E-state index contributed by atoms with van der Waals surface area (Å²) in [5.74, 6) is 0.902. The summed E-state index contributed by atoms with van der Waals surface area (Å²) in [6, 6.07) is 12.4. The summed E-state index contributed by atoms with van der Waals surface area (Å²) < 4.78 is 5.44. The maximum absolute atomic E-state index is 13.1. The van der Waals surface area contributed by atoms with E-state index < -0.39 is 0 Å². The molecule has 0 heterocycles. The Morgan fingerprint density at radius 3 is 2.14 bits per heavy atom. The highest BCUT2D eigenvalue weighted by Gasteiger charge is 2.18. The van der Waals surface area contributed by atoms with Gasteiger partial charge in [-0.1, -0.05) is 18.2 Å².